The van der Waals surface area contributed by atoms with Crippen LogP contribution in [0, 0.1) is 0 Å². The number of anilines is 1. The van der Waals surface area contributed by atoms with Crippen LogP contribution >= 0.6 is 15.9 Å². The molecular weight excluding hydrogens is 308 g/mol. The van der Waals surface area contributed by atoms with Gasteiger partial charge in [0, 0.05) is 37.2 Å². The quantitative estimate of drug-likeness (QED) is 0.881. The average Bonchev–Trinajstić information content (AvgIpc) is 2.40. The fourth-order valence-electron chi connectivity index (χ4n) is 2.39. The zero-order valence-corrected chi connectivity index (χ0v) is 12.8. The minimum Gasteiger partial charge on any atom is -0.395 e. The molecule has 0 spiro atoms. The molecule has 5 heteroatoms. The summed E-state index contributed by atoms with van der Waals surface area (Å²) in [7, 11) is 0. The highest BCUT2D eigenvalue weighted by Crippen LogP contribution is 2.30. The number of aliphatic hydroxyl groups is 2. The second-order valence-corrected chi connectivity index (χ2v) is 5.79. The maximum Gasteiger partial charge on any atom is 0.0762 e. The molecule has 0 saturated carbocycles. The molecule has 0 unspecified atom stereocenters. The van der Waals surface area contributed by atoms with Gasteiger partial charge in [-0.2, -0.15) is 0 Å². The van der Waals surface area contributed by atoms with Gasteiger partial charge in [0.1, 0.15) is 0 Å². The molecule has 4 nitrogen and oxygen atoms in total. The molecule has 1 saturated heterocycles. The van der Waals surface area contributed by atoms with E-state index in [-0.39, 0.29) is 6.61 Å². The first-order valence-corrected chi connectivity index (χ1v) is 7.47. The normalized spacial score (nSPS) is 18.6. The van der Waals surface area contributed by atoms with Crippen molar-refractivity contribution in [3.63, 3.8) is 0 Å². The molecule has 1 aliphatic heterocycles. The second-order valence-electron chi connectivity index (χ2n) is 4.94. The molecule has 2 rings (SSSR count). The maximum absolute atomic E-state index is 9.58. The Labute approximate surface area is 122 Å². The summed E-state index contributed by atoms with van der Waals surface area (Å²) in [6.45, 7) is 6.65. The molecule has 1 atom stereocenters. The summed E-state index contributed by atoms with van der Waals surface area (Å²) in [6.07, 6.45) is -0.438. The van der Waals surface area contributed by atoms with Crippen molar-refractivity contribution in [3.05, 3.63) is 28.2 Å². The largest absolute Gasteiger partial charge is 0.395 e. The Bertz CT molecular complexity index is 418. The summed E-state index contributed by atoms with van der Waals surface area (Å²) in [5.41, 5.74) is 2.10. The highest BCUT2D eigenvalue weighted by molar-refractivity contribution is 9.10. The Hall–Kier alpha value is -0.620. The first-order valence-electron chi connectivity index (χ1n) is 6.67. The first kappa shape index (κ1) is 14.8. The molecule has 1 heterocycles. The first-order chi connectivity index (χ1) is 9.11. The molecule has 19 heavy (non-hydrogen) atoms. The smallest absolute Gasteiger partial charge is 0.0762 e. The van der Waals surface area contributed by atoms with Crippen LogP contribution in [0.2, 0.25) is 0 Å². The van der Waals surface area contributed by atoms with Crippen molar-refractivity contribution in [1.82, 2.24) is 4.90 Å². The van der Waals surface area contributed by atoms with E-state index in [2.05, 4.69) is 31.8 Å². The van der Waals surface area contributed by atoms with Crippen molar-refractivity contribution in [2.24, 2.45) is 0 Å². The minimum absolute atomic E-state index is 0.229. The lowest BCUT2D eigenvalue weighted by Crippen LogP contribution is -2.47. The third-order valence-electron chi connectivity index (χ3n) is 3.58. The summed E-state index contributed by atoms with van der Waals surface area (Å²) in [5, 5.41) is 18.5. The second kappa shape index (κ2) is 6.70. The van der Waals surface area contributed by atoms with Crippen LogP contribution in [-0.2, 0) is 0 Å². The molecule has 0 aliphatic carbocycles. The number of benzene rings is 1. The van der Waals surface area contributed by atoms with Crippen molar-refractivity contribution in [1.29, 1.82) is 0 Å². The van der Waals surface area contributed by atoms with Gasteiger partial charge in [0.25, 0.3) is 0 Å². The van der Waals surface area contributed by atoms with Gasteiger partial charge in [-0.15, -0.1) is 0 Å². The van der Waals surface area contributed by atoms with E-state index in [1.807, 2.05) is 12.1 Å². The highest BCUT2D eigenvalue weighted by Gasteiger charge is 2.18. The molecular formula is C14H21BrN2O2. The minimum atomic E-state index is -0.438. The number of piperazine rings is 1. The van der Waals surface area contributed by atoms with Crippen LogP contribution < -0.4 is 4.90 Å². The maximum atomic E-state index is 9.58. The Balaban J connectivity index is 2.03. The Morgan fingerprint density at radius 3 is 2.47 bits per heavy atom. The fourth-order valence-corrected chi connectivity index (χ4v) is 3.04. The third kappa shape index (κ3) is 3.69. The SMILES string of the molecule is C[C@H](O)c1ccc(N2CCN(CCO)CC2)c(Br)c1. The summed E-state index contributed by atoms with van der Waals surface area (Å²) in [6, 6.07) is 6.03. The number of halogens is 1. The van der Waals surface area contributed by atoms with Crippen molar-refractivity contribution in [2.75, 3.05) is 44.2 Å². The van der Waals surface area contributed by atoms with Gasteiger partial charge in [0.05, 0.1) is 18.4 Å². The number of hydrogen-bond acceptors (Lipinski definition) is 4. The molecule has 106 valence electrons. The Kier molecular flexibility index (Phi) is 5.21. The molecule has 0 bridgehead atoms. The summed E-state index contributed by atoms with van der Waals surface area (Å²) in [4.78, 5) is 4.61. The van der Waals surface area contributed by atoms with E-state index < -0.39 is 6.10 Å². The monoisotopic (exact) mass is 328 g/mol. The third-order valence-corrected chi connectivity index (χ3v) is 4.22. The molecule has 1 aromatic carbocycles. The molecule has 1 aromatic rings. The molecule has 0 amide bonds. The standard InChI is InChI=1S/C14H21BrN2O2/c1-11(19)12-2-3-14(13(15)10-12)17-6-4-16(5-7-17)8-9-18/h2-3,10-11,18-19H,4-9H2,1H3/t11-/m0/s1. The van der Waals surface area contributed by atoms with E-state index in [9.17, 15) is 5.11 Å². The lowest BCUT2D eigenvalue weighted by atomic mass is 10.1. The van der Waals surface area contributed by atoms with Crippen LogP contribution in [0.4, 0.5) is 5.69 Å². The summed E-state index contributed by atoms with van der Waals surface area (Å²) >= 11 is 3.59. The molecule has 1 fully saturated rings. The lowest BCUT2D eigenvalue weighted by molar-refractivity contribution is 0.188. The predicted molar refractivity (Wildman–Crippen MR) is 80.5 cm³/mol. The molecule has 0 aromatic heterocycles. The average molecular weight is 329 g/mol. The number of aliphatic hydroxyl groups excluding tert-OH is 2. The van der Waals surface area contributed by atoms with Gasteiger partial charge in [-0.1, -0.05) is 6.07 Å². The van der Waals surface area contributed by atoms with Crippen LogP contribution in [0.5, 0.6) is 0 Å². The van der Waals surface area contributed by atoms with Crippen LogP contribution in [0.1, 0.15) is 18.6 Å². The number of rotatable bonds is 4. The fraction of sp³-hybridized carbons (Fsp3) is 0.571. The molecule has 0 radical (unpaired) electrons. The van der Waals surface area contributed by atoms with Gasteiger partial charge >= 0.3 is 0 Å². The number of nitrogens with zero attached hydrogens (tertiary/aromatic N) is 2. The topological polar surface area (TPSA) is 46.9 Å². The Morgan fingerprint density at radius 2 is 1.95 bits per heavy atom. The van der Waals surface area contributed by atoms with Gasteiger partial charge in [-0.05, 0) is 40.5 Å². The van der Waals surface area contributed by atoms with Crippen molar-refractivity contribution in [3.8, 4) is 0 Å². The molecule has 2 N–H and O–H groups in total. The number of β-amino-alcohol motifs (C(OH)–C–C–N with tert-alkyl or cyclic N) is 1. The Morgan fingerprint density at radius 1 is 1.26 bits per heavy atom. The van der Waals surface area contributed by atoms with Gasteiger partial charge in [-0.25, -0.2) is 0 Å². The van der Waals surface area contributed by atoms with Gasteiger partial charge in [0.2, 0.25) is 0 Å². The van der Waals surface area contributed by atoms with Crippen LogP contribution in [0.25, 0.3) is 0 Å². The van der Waals surface area contributed by atoms with E-state index >= 15 is 0 Å². The van der Waals surface area contributed by atoms with Gasteiger partial charge < -0.3 is 15.1 Å². The van der Waals surface area contributed by atoms with Gasteiger partial charge in [-0.3, -0.25) is 4.90 Å². The number of hydrogen-bond donors (Lipinski definition) is 2. The predicted octanol–water partition coefficient (Wildman–Crippen LogP) is 1.62. The van der Waals surface area contributed by atoms with Crippen molar-refractivity contribution < 1.29 is 10.2 Å². The zero-order chi connectivity index (χ0) is 13.8. The van der Waals surface area contributed by atoms with Crippen LogP contribution in [0.3, 0.4) is 0 Å². The van der Waals surface area contributed by atoms with E-state index in [4.69, 9.17) is 5.11 Å². The van der Waals surface area contributed by atoms with Crippen molar-refractivity contribution in [2.45, 2.75) is 13.0 Å². The highest BCUT2D eigenvalue weighted by atomic mass is 79.9. The van der Waals surface area contributed by atoms with E-state index in [1.54, 1.807) is 6.92 Å². The zero-order valence-electron chi connectivity index (χ0n) is 11.2. The van der Waals surface area contributed by atoms with E-state index in [0.29, 0.717) is 0 Å². The van der Waals surface area contributed by atoms with E-state index in [0.717, 1.165) is 42.8 Å². The summed E-state index contributed by atoms with van der Waals surface area (Å²) < 4.78 is 1.03. The lowest BCUT2D eigenvalue weighted by Gasteiger charge is -2.36. The van der Waals surface area contributed by atoms with Crippen LogP contribution in [0.15, 0.2) is 22.7 Å². The summed E-state index contributed by atoms with van der Waals surface area (Å²) in [5.74, 6) is 0. The van der Waals surface area contributed by atoms with Crippen molar-refractivity contribution >= 4 is 21.6 Å². The van der Waals surface area contributed by atoms with Crippen LogP contribution in [-0.4, -0.2) is 54.4 Å². The molecule has 1 aliphatic rings. The van der Waals surface area contributed by atoms with E-state index in [1.165, 1.54) is 5.69 Å². The van der Waals surface area contributed by atoms with Gasteiger partial charge in [0.15, 0.2) is 0 Å².